The van der Waals surface area contributed by atoms with Crippen molar-refractivity contribution in [1.82, 2.24) is 9.38 Å². The molecule has 2 aromatic rings. The number of hydrogen-bond donors (Lipinski definition) is 2. The van der Waals surface area contributed by atoms with Gasteiger partial charge in [0.15, 0.2) is 5.69 Å². The van der Waals surface area contributed by atoms with E-state index in [1.54, 1.807) is 16.5 Å². The van der Waals surface area contributed by atoms with E-state index in [-0.39, 0.29) is 12.2 Å². The van der Waals surface area contributed by atoms with Crippen LogP contribution in [0, 0.1) is 6.92 Å². The molecule has 0 saturated carbocycles. The van der Waals surface area contributed by atoms with E-state index in [0.717, 1.165) is 5.69 Å². The number of aromatic carboxylic acids is 1. The number of nitrogens with zero attached hydrogens (tertiary/aromatic N) is 2. The van der Waals surface area contributed by atoms with Crippen molar-refractivity contribution in [2.45, 2.75) is 13.5 Å². The summed E-state index contributed by atoms with van der Waals surface area (Å²) in [5.74, 6) is -0.460. The van der Waals surface area contributed by atoms with Gasteiger partial charge in [-0.2, -0.15) is 0 Å². The van der Waals surface area contributed by atoms with Crippen molar-refractivity contribution >= 4 is 11.5 Å². The number of aromatic nitrogens is 2. The van der Waals surface area contributed by atoms with Crippen LogP contribution in [-0.2, 0) is 6.54 Å². The van der Waals surface area contributed by atoms with Gasteiger partial charge in [0.05, 0.1) is 12.1 Å². The Kier molecular flexibility index (Phi) is 2.17. The molecule has 5 nitrogen and oxygen atoms in total. The van der Waals surface area contributed by atoms with Crippen LogP contribution in [0.2, 0.25) is 0 Å². The van der Waals surface area contributed by atoms with Gasteiger partial charge in [-0.25, -0.2) is 9.78 Å². The SMILES string of the molecule is Cc1cccc2c(C(=O)O)nc(CN)n12. The Bertz CT molecular complexity index is 531. The molecule has 0 spiro atoms. The van der Waals surface area contributed by atoms with Crippen molar-refractivity contribution in [2.24, 2.45) is 5.73 Å². The standard InChI is InChI=1S/C10H11N3O2/c1-6-3-2-4-7-9(10(14)15)12-8(5-11)13(6)7/h2-4H,5,11H2,1H3,(H,14,15). The number of aryl methyl sites for hydroxylation is 1. The third-order valence-electron chi connectivity index (χ3n) is 2.31. The number of carboxylic acid groups (broad SMARTS) is 1. The summed E-state index contributed by atoms with van der Waals surface area (Å²) in [5.41, 5.74) is 7.09. The van der Waals surface area contributed by atoms with Gasteiger partial charge in [0.2, 0.25) is 0 Å². The first kappa shape index (κ1) is 9.67. The Morgan fingerprint density at radius 3 is 2.93 bits per heavy atom. The average molecular weight is 205 g/mol. The van der Waals surface area contributed by atoms with E-state index < -0.39 is 5.97 Å². The number of carbonyl (C=O) groups is 1. The fraction of sp³-hybridized carbons (Fsp3) is 0.200. The predicted octanol–water partition coefficient (Wildman–Crippen LogP) is 0.800. The molecule has 0 saturated heterocycles. The van der Waals surface area contributed by atoms with E-state index in [9.17, 15) is 4.79 Å². The third kappa shape index (κ3) is 1.37. The van der Waals surface area contributed by atoms with Gasteiger partial charge < -0.3 is 10.8 Å². The summed E-state index contributed by atoms with van der Waals surface area (Å²) in [6.07, 6.45) is 0. The highest BCUT2D eigenvalue weighted by atomic mass is 16.4. The van der Waals surface area contributed by atoms with E-state index in [4.69, 9.17) is 10.8 Å². The molecular weight excluding hydrogens is 194 g/mol. The van der Waals surface area contributed by atoms with Crippen LogP contribution in [0.15, 0.2) is 18.2 Å². The van der Waals surface area contributed by atoms with Gasteiger partial charge in [-0.15, -0.1) is 0 Å². The Balaban J connectivity index is 2.87. The lowest BCUT2D eigenvalue weighted by Gasteiger charge is -2.01. The summed E-state index contributed by atoms with van der Waals surface area (Å²) in [5, 5.41) is 8.97. The van der Waals surface area contributed by atoms with Crippen molar-refractivity contribution in [3.8, 4) is 0 Å². The quantitative estimate of drug-likeness (QED) is 0.759. The van der Waals surface area contributed by atoms with Gasteiger partial charge in [-0.1, -0.05) is 6.07 Å². The largest absolute Gasteiger partial charge is 0.476 e. The van der Waals surface area contributed by atoms with E-state index in [2.05, 4.69) is 4.98 Å². The molecule has 2 heterocycles. The zero-order valence-corrected chi connectivity index (χ0v) is 8.27. The van der Waals surface area contributed by atoms with Crippen LogP contribution in [0.1, 0.15) is 22.0 Å². The monoisotopic (exact) mass is 205 g/mol. The zero-order chi connectivity index (χ0) is 11.0. The molecule has 0 aliphatic heterocycles. The highest BCUT2D eigenvalue weighted by Crippen LogP contribution is 2.15. The van der Waals surface area contributed by atoms with Gasteiger partial charge in [0.1, 0.15) is 5.82 Å². The summed E-state index contributed by atoms with van der Waals surface area (Å²) in [6, 6.07) is 5.42. The Hall–Kier alpha value is -1.88. The number of fused-ring (bicyclic) bond motifs is 1. The molecule has 2 aromatic heterocycles. The maximum Gasteiger partial charge on any atom is 0.356 e. The number of nitrogens with two attached hydrogens (primary N) is 1. The van der Waals surface area contributed by atoms with Crippen LogP contribution in [-0.4, -0.2) is 20.5 Å². The molecule has 0 unspecified atom stereocenters. The van der Waals surface area contributed by atoms with Gasteiger partial charge in [-0.3, -0.25) is 4.40 Å². The van der Waals surface area contributed by atoms with Crippen LogP contribution in [0.3, 0.4) is 0 Å². The predicted molar refractivity (Wildman–Crippen MR) is 54.8 cm³/mol. The molecule has 5 heteroatoms. The van der Waals surface area contributed by atoms with Gasteiger partial charge in [0.25, 0.3) is 0 Å². The van der Waals surface area contributed by atoms with E-state index in [1.807, 2.05) is 13.0 Å². The molecule has 78 valence electrons. The van der Waals surface area contributed by atoms with E-state index in [0.29, 0.717) is 11.3 Å². The fourth-order valence-electron chi connectivity index (χ4n) is 1.68. The number of carboxylic acids is 1. The van der Waals surface area contributed by atoms with Crippen LogP contribution in [0.4, 0.5) is 0 Å². The molecule has 0 amide bonds. The van der Waals surface area contributed by atoms with Crippen LogP contribution in [0.25, 0.3) is 5.52 Å². The van der Waals surface area contributed by atoms with Crippen molar-refractivity contribution in [2.75, 3.05) is 0 Å². The number of imidazole rings is 1. The van der Waals surface area contributed by atoms with Gasteiger partial charge >= 0.3 is 5.97 Å². The van der Waals surface area contributed by atoms with Crippen molar-refractivity contribution in [3.05, 3.63) is 35.4 Å². The Morgan fingerprint density at radius 1 is 1.60 bits per heavy atom. The minimum atomic E-state index is -1.03. The first-order valence-electron chi connectivity index (χ1n) is 4.55. The average Bonchev–Trinajstić information content (AvgIpc) is 2.58. The maximum absolute atomic E-state index is 10.9. The molecule has 0 bridgehead atoms. The molecule has 0 radical (unpaired) electrons. The second kappa shape index (κ2) is 3.36. The first-order valence-corrected chi connectivity index (χ1v) is 4.55. The fourth-order valence-corrected chi connectivity index (χ4v) is 1.68. The minimum Gasteiger partial charge on any atom is -0.476 e. The molecule has 0 fully saturated rings. The van der Waals surface area contributed by atoms with Crippen molar-refractivity contribution in [3.63, 3.8) is 0 Å². The van der Waals surface area contributed by atoms with Crippen LogP contribution < -0.4 is 5.73 Å². The highest BCUT2D eigenvalue weighted by molar-refractivity contribution is 5.93. The second-order valence-corrected chi connectivity index (χ2v) is 3.27. The normalized spacial score (nSPS) is 10.8. The van der Waals surface area contributed by atoms with Gasteiger partial charge in [0, 0.05) is 5.69 Å². The summed E-state index contributed by atoms with van der Waals surface area (Å²) < 4.78 is 1.77. The van der Waals surface area contributed by atoms with Gasteiger partial charge in [-0.05, 0) is 19.1 Å². The molecule has 0 aliphatic rings. The third-order valence-corrected chi connectivity index (χ3v) is 2.31. The Morgan fingerprint density at radius 2 is 2.33 bits per heavy atom. The maximum atomic E-state index is 10.9. The molecule has 2 rings (SSSR count). The summed E-state index contributed by atoms with van der Waals surface area (Å²) in [4.78, 5) is 14.9. The molecule has 15 heavy (non-hydrogen) atoms. The number of hydrogen-bond acceptors (Lipinski definition) is 3. The molecule has 0 atom stereocenters. The van der Waals surface area contributed by atoms with Crippen molar-refractivity contribution in [1.29, 1.82) is 0 Å². The molecule has 0 aromatic carbocycles. The summed E-state index contributed by atoms with van der Waals surface area (Å²) in [6.45, 7) is 2.11. The lowest BCUT2D eigenvalue weighted by Crippen LogP contribution is -2.04. The Labute approximate surface area is 86.2 Å². The highest BCUT2D eigenvalue weighted by Gasteiger charge is 2.16. The van der Waals surface area contributed by atoms with E-state index in [1.165, 1.54) is 0 Å². The smallest absolute Gasteiger partial charge is 0.356 e. The van der Waals surface area contributed by atoms with Crippen LogP contribution >= 0.6 is 0 Å². The first-order chi connectivity index (χ1) is 7.15. The molecule has 0 aliphatic carbocycles. The lowest BCUT2D eigenvalue weighted by molar-refractivity contribution is 0.0693. The van der Waals surface area contributed by atoms with E-state index >= 15 is 0 Å². The summed E-state index contributed by atoms with van der Waals surface area (Å²) in [7, 11) is 0. The van der Waals surface area contributed by atoms with Crippen LogP contribution in [0.5, 0.6) is 0 Å². The summed E-state index contributed by atoms with van der Waals surface area (Å²) >= 11 is 0. The number of rotatable bonds is 2. The second-order valence-electron chi connectivity index (χ2n) is 3.27. The molecular formula is C10H11N3O2. The molecule has 3 N–H and O–H groups in total. The zero-order valence-electron chi connectivity index (χ0n) is 8.27. The topological polar surface area (TPSA) is 80.6 Å². The number of pyridine rings is 1. The van der Waals surface area contributed by atoms with Crippen molar-refractivity contribution < 1.29 is 9.90 Å². The minimum absolute atomic E-state index is 0.0548. The lowest BCUT2D eigenvalue weighted by atomic mass is 10.3.